The molecule has 1 aromatic rings. The third-order valence-corrected chi connectivity index (χ3v) is 2.24. The van der Waals surface area contributed by atoms with Crippen molar-refractivity contribution in [2.45, 2.75) is 0 Å². The molecule has 0 saturated heterocycles. The quantitative estimate of drug-likeness (QED) is 0.604. The summed E-state index contributed by atoms with van der Waals surface area (Å²) in [5.41, 5.74) is 0. The van der Waals surface area contributed by atoms with E-state index in [9.17, 15) is 0 Å². The van der Waals surface area contributed by atoms with E-state index in [4.69, 9.17) is 0 Å². The van der Waals surface area contributed by atoms with Gasteiger partial charge in [-0.3, -0.25) is 4.99 Å². The standard InChI is InChI=1S/C6H6N4S/c1-2-11-6(8-1)5-9-3-7-4-10-5/h3-4H,1-2H2. The Morgan fingerprint density at radius 3 is 2.73 bits per heavy atom. The maximum Gasteiger partial charge on any atom is 0.187 e. The SMILES string of the molecule is c1ncnc(C2=NCCS2)n1. The van der Waals surface area contributed by atoms with Crippen molar-refractivity contribution in [3.8, 4) is 0 Å². The molecule has 0 fully saturated rings. The van der Waals surface area contributed by atoms with E-state index in [-0.39, 0.29) is 0 Å². The van der Waals surface area contributed by atoms with E-state index < -0.39 is 0 Å². The summed E-state index contributed by atoms with van der Waals surface area (Å²) >= 11 is 1.69. The molecule has 0 aliphatic carbocycles. The van der Waals surface area contributed by atoms with Crippen molar-refractivity contribution in [3.63, 3.8) is 0 Å². The van der Waals surface area contributed by atoms with Crippen LogP contribution in [0.5, 0.6) is 0 Å². The van der Waals surface area contributed by atoms with E-state index in [2.05, 4.69) is 19.9 Å². The average molecular weight is 166 g/mol. The summed E-state index contributed by atoms with van der Waals surface area (Å²) in [6.45, 7) is 0.881. The summed E-state index contributed by atoms with van der Waals surface area (Å²) in [5, 5.41) is 0.937. The summed E-state index contributed by atoms with van der Waals surface area (Å²) in [4.78, 5) is 15.9. The highest BCUT2D eigenvalue weighted by atomic mass is 32.2. The van der Waals surface area contributed by atoms with Gasteiger partial charge >= 0.3 is 0 Å². The molecule has 0 amide bonds. The number of hydrogen-bond donors (Lipinski definition) is 0. The molecule has 0 aromatic carbocycles. The van der Waals surface area contributed by atoms with Crippen LogP contribution >= 0.6 is 11.8 Å². The molecule has 1 aliphatic heterocycles. The molecule has 0 N–H and O–H groups in total. The van der Waals surface area contributed by atoms with E-state index >= 15 is 0 Å². The van der Waals surface area contributed by atoms with Gasteiger partial charge in [-0.1, -0.05) is 0 Å². The summed E-state index contributed by atoms with van der Waals surface area (Å²) in [5.74, 6) is 1.74. The van der Waals surface area contributed by atoms with Crippen LogP contribution in [0.3, 0.4) is 0 Å². The molecule has 0 spiro atoms. The fourth-order valence-corrected chi connectivity index (χ4v) is 1.61. The van der Waals surface area contributed by atoms with Crippen molar-refractivity contribution >= 4 is 16.8 Å². The number of aromatic nitrogens is 3. The summed E-state index contributed by atoms with van der Waals surface area (Å²) < 4.78 is 0. The first kappa shape index (κ1) is 6.72. The first-order valence-corrected chi connectivity index (χ1v) is 4.25. The van der Waals surface area contributed by atoms with Crippen molar-refractivity contribution in [3.05, 3.63) is 18.5 Å². The molecule has 1 aromatic heterocycles. The maximum absolute atomic E-state index is 4.23. The van der Waals surface area contributed by atoms with Crippen LogP contribution in [0.4, 0.5) is 0 Å². The van der Waals surface area contributed by atoms with E-state index in [0.29, 0.717) is 5.82 Å². The normalized spacial score (nSPS) is 16.5. The predicted molar refractivity (Wildman–Crippen MR) is 43.7 cm³/mol. The van der Waals surface area contributed by atoms with E-state index in [1.54, 1.807) is 11.8 Å². The molecule has 2 rings (SSSR count). The third kappa shape index (κ3) is 1.37. The molecular formula is C6H6N4S. The Balaban J connectivity index is 2.29. The zero-order valence-electron chi connectivity index (χ0n) is 5.77. The fraction of sp³-hybridized carbons (Fsp3) is 0.333. The second kappa shape index (κ2) is 2.96. The molecular weight excluding hydrogens is 160 g/mol. The minimum atomic E-state index is 0.697. The Bertz CT molecular complexity index is 271. The number of thioether (sulfide) groups is 1. The van der Waals surface area contributed by atoms with Gasteiger partial charge in [-0.05, 0) is 0 Å². The summed E-state index contributed by atoms with van der Waals surface area (Å²) in [6, 6.07) is 0. The smallest absolute Gasteiger partial charge is 0.187 e. The highest BCUT2D eigenvalue weighted by molar-refractivity contribution is 8.14. The molecule has 5 heteroatoms. The fourth-order valence-electron chi connectivity index (χ4n) is 0.820. The second-order valence-electron chi connectivity index (χ2n) is 2.00. The first-order chi connectivity index (χ1) is 5.47. The molecule has 1 aliphatic rings. The van der Waals surface area contributed by atoms with Crippen LogP contribution in [-0.2, 0) is 0 Å². The van der Waals surface area contributed by atoms with Crippen LogP contribution in [0.25, 0.3) is 0 Å². The van der Waals surface area contributed by atoms with Crippen LogP contribution in [-0.4, -0.2) is 32.3 Å². The molecule has 0 saturated carbocycles. The molecule has 0 unspecified atom stereocenters. The van der Waals surface area contributed by atoms with Gasteiger partial charge in [-0.15, -0.1) is 11.8 Å². The van der Waals surface area contributed by atoms with Crippen molar-refractivity contribution in [2.24, 2.45) is 4.99 Å². The van der Waals surface area contributed by atoms with Gasteiger partial charge < -0.3 is 0 Å². The Labute approximate surface area is 68.2 Å². The zero-order chi connectivity index (χ0) is 7.52. The Kier molecular flexibility index (Phi) is 1.81. The Hall–Kier alpha value is -0.970. The number of nitrogens with zero attached hydrogens (tertiary/aromatic N) is 4. The molecule has 11 heavy (non-hydrogen) atoms. The Morgan fingerprint density at radius 2 is 2.09 bits per heavy atom. The van der Waals surface area contributed by atoms with Gasteiger partial charge in [0.15, 0.2) is 5.82 Å². The largest absolute Gasteiger partial charge is 0.274 e. The maximum atomic E-state index is 4.23. The first-order valence-electron chi connectivity index (χ1n) is 3.26. The molecule has 56 valence electrons. The van der Waals surface area contributed by atoms with Gasteiger partial charge in [0.25, 0.3) is 0 Å². The number of aliphatic imine (C=N–C) groups is 1. The van der Waals surface area contributed by atoms with E-state index in [1.807, 2.05) is 0 Å². The summed E-state index contributed by atoms with van der Waals surface area (Å²) in [6.07, 6.45) is 2.98. The van der Waals surface area contributed by atoms with Crippen LogP contribution in [0.1, 0.15) is 5.82 Å². The van der Waals surface area contributed by atoms with Crippen molar-refractivity contribution < 1.29 is 0 Å². The van der Waals surface area contributed by atoms with Crippen molar-refractivity contribution in [1.29, 1.82) is 0 Å². The van der Waals surface area contributed by atoms with Crippen molar-refractivity contribution in [2.75, 3.05) is 12.3 Å². The average Bonchev–Trinajstić information content (AvgIpc) is 2.58. The van der Waals surface area contributed by atoms with Gasteiger partial charge in [-0.2, -0.15) is 0 Å². The van der Waals surface area contributed by atoms with Gasteiger partial charge in [-0.25, -0.2) is 15.0 Å². The monoisotopic (exact) mass is 166 g/mol. The highest BCUT2D eigenvalue weighted by Crippen LogP contribution is 2.14. The number of rotatable bonds is 1. The van der Waals surface area contributed by atoms with Crippen LogP contribution in [0, 0.1) is 0 Å². The molecule has 0 atom stereocenters. The molecule has 0 bridgehead atoms. The van der Waals surface area contributed by atoms with Crippen LogP contribution in [0.15, 0.2) is 17.6 Å². The van der Waals surface area contributed by atoms with Gasteiger partial charge in [0.2, 0.25) is 0 Å². The predicted octanol–water partition coefficient (Wildman–Crippen LogP) is 0.365. The molecule has 4 nitrogen and oxygen atoms in total. The topological polar surface area (TPSA) is 51.0 Å². The lowest BCUT2D eigenvalue weighted by Gasteiger charge is -1.93. The molecule has 2 heterocycles. The second-order valence-corrected chi connectivity index (χ2v) is 3.08. The van der Waals surface area contributed by atoms with Crippen LogP contribution in [0.2, 0.25) is 0 Å². The Morgan fingerprint density at radius 1 is 1.27 bits per heavy atom. The zero-order valence-corrected chi connectivity index (χ0v) is 6.58. The highest BCUT2D eigenvalue weighted by Gasteiger charge is 2.10. The molecule has 0 radical (unpaired) electrons. The lowest BCUT2D eigenvalue weighted by Crippen LogP contribution is -1.99. The van der Waals surface area contributed by atoms with E-state index in [1.165, 1.54) is 12.7 Å². The lowest BCUT2D eigenvalue weighted by atomic mass is 10.6. The van der Waals surface area contributed by atoms with Crippen LogP contribution < -0.4 is 0 Å². The lowest BCUT2D eigenvalue weighted by molar-refractivity contribution is 1.03. The summed E-state index contributed by atoms with van der Waals surface area (Å²) in [7, 11) is 0. The minimum absolute atomic E-state index is 0.697. The minimum Gasteiger partial charge on any atom is -0.274 e. The van der Waals surface area contributed by atoms with Gasteiger partial charge in [0, 0.05) is 12.3 Å². The number of hydrogen-bond acceptors (Lipinski definition) is 5. The van der Waals surface area contributed by atoms with Gasteiger partial charge in [0.1, 0.15) is 17.7 Å². The third-order valence-electron chi connectivity index (χ3n) is 1.27. The van der Waals surface area contributed by atoms with Crippen molar-refractivity contribution in [1.82, 2.24) is 15.0 Å². The van der Waals surface area contributed by atoms with E-state index in [0.717, 1.165) is 17.3 Å². The van der Waals surface area contributed by atoms with Gasteiger partial charge in [0.05, 0.1) is 0 Å².